The zero-order chi connectivity index (χ0) is 24.3. The third kappa shape index (κ3) is 4.85. The maximum Gasteiger partial charge on any atom is 0.324 e. The van der Waals surface area contributed by atoms with Crippen LogP contribution in [0.1, 0.15) is 39.5 Å². The maximum absolute atomic E-state index is 13.0. The van der Waals surface area contributed by atoms with Gasteiger partial charge >= 0.3 is 11.9 Å². The molecule has 0 radical (unpaired) electrons. The van der Waals surface area contributed by atoms with Crippen LogP contribution in [0.3, 0.4) is 0 Å². The Morgan fingerprint density at radius 3 is 2.88 bits per heavy atom. The number of aromatic nitrogens is 3. The highest BCUT2D eigenvalue weighted by Gasteiger charge is 2.66. The smallest absolute Gasteiger partial charge is 0.324 e. The van der Waals surface area contributed by atoms with Crippen molar-refractivity contribution in [1.29, 1.82) is 0 Å². The van der Waals surface area contributed by atoms with Gasteiger partial charge < -0.3 is 14.2 Å². The van der Waals surface area contributed by atoms with Gasteiger partial charge in [0.1, 0.15) is 6.10 Å². The number of nitrogens with zero attached hydrogens (tertiary/aromatic N) is 2. The third-order valence-corrected chi connectivity index (χ3v) is 7.23. The zero-order valence-corrected chi connectivity index (χ0v) is 20.5. The van der Waals surface area contributed by atoms with E-state index in [1.807, 2.05) is 18.2 Å². The van der Waals surface area contributed by atoms with Crippen LogP contribution in [0.2, 0.25) is 5.02 Å². The van der Waals surface area contributed by atoms with E-state index < -0.39 is 29.1 Å². The molecular weight excluding hydrogens is 482 g/mol. The largest absolute Gasteiger partial charge is 0.459 e. The van der Waals surface area contributed by atoms with Gasteiger partial charge in [0.25, 0.3) is 0 Å². The van der Waals surface area contributed by atoms with E-state index in [9.17, 15) is 14.4 Å². The normalized spacial score (nSPS) is 26.1. The second-order valence-corrected chi connectivity index (χ2v) is 10.0. The molecule has 0 saturated carbocycles. The average molecular weight is 508 g/mol. The van der Waals surface area contributed by atoms with Crippen molar-refractivity contribution in [1.82, 2.24) is 15.2 Å². The van der Waals surface area contributed by atoms with E-state index in [1.54, 1.807) is 6.07 Å². The Morgan fingerprint density at radius 1 is 1.32 bits per heavy atom. The first-order valence-corrected chi connectivity index (χ1v) is 12.5. The number of carbonyl (C=O) groups excluding carboxylic acids is 3. The van der Waals surface area contributed by atoms with Crippen molar-refractivity contribution in [3.8, 4) is 11.4 Å². The highest BCUT2D eigenvalue weighted by molar-refractivity contribution is 7.99. The van der Waals surface area contributed by atoms with Gasteiger partial charge in [0.2, 0.25) is 5.16 Å². The first kappa shape index (κ1) is 24.7. The molecule has 9 nitrogen and oxygen atoms in total. The molecule has 11 heteroatoms. The number of rotatable bonds is 10. The molecule has 1 N–H and O–H groups in total. The van der Waals surface area contributed by atoms with E-state index >= 15 is 0 Å². The first-order valence-electron chi connectivity index (χ1n) is 11.1. The molecule has 2 aliphatic rings. The number of nitrogens with one attached hydrogen (secondary N) is 1. The lowest BCUT2D eigenvalue weighted by Crippen LogP contribution is -2.38. The second kappa shape index (κ2) is 10.1. The average Bonchev–Trinajstić information content (AvgIpc) is 3.47. The topological polar surface area (TPSA) is 120 Å². The van der Waals surface area contributed by atoms with Gasteiger partial charge in [-0.3, -0.25) is 19.5 Å². The first-order chi connectivity index (χ1) is 16.3. The predicted molar refractivity (Wildman–Crippen MR) is 124 cm³/mol. The standard InChI is InChI=1S/C23H26ClN3O6S/c1-3-4-9-31-11-14-10-23(19(29)32-14)13-22(2,33-20(23)30)17(28)12-34-21-25-18(26-27-21)15-7-5-6-8-16(15)24/h5-8,14H,3-4,9-13H2,1-2H3,(H,25,26,27)/t14-,22+,23+/m0/s1. The van der Waals surface area contributed by atoms with E-state index in [2.05, 4.69) is 22.1 Å². The van der Waals surface area contributed by atoms with Crippen LogP contribution in [-0.4, -0.2) is 63.6 Å². The minimum Gasteiger partial charge on any atom is -0.459 e. The van der Waals surface area contributed by atoms with Crippen molar-refractivity contribution in [3.63, 3.8) is 0 Å². The monoisotopic (exact) mass is 507 g/mol. The number of halogens is 1. The summed E-state index contributed by atoms with van der Waals surface area (Å²) < 4.78 is 16.4. The van der Waals surface area contributed by atoms with Crippen LogP contribution < -0.4 is 0 Å². The van der Waals surface area contributed by atoms with Crippen LogP contribution in [0.25, 0.3) is 11.4 Å². The molecule has 2 aromatic rings. The van der Waals surface area contributed by atoms with Crippen LogP contribution in [-0.2, 0) is 28.6 Å². The molecule has 0 aliphatic carbocycles. The molecule has 1 aromatic carbocycles. The Morgan fingerprint density at radius 2 is 2.12 bits per heavy atom. The fraction of sp³-hybridized carbons (Fsp3) is 0.522. The lowest BCUT2D eigenvalue weighted by Gasteiger charge is -2.20. The Balaban J connectivity index is 1.37. The Hall–Kier alpha value is -2.43. The molecule has 2 aliphatic heterocycles. The number of benzene rings is 1. The number of hydrogen-bond acceptors (Lipinski definition) is 9. The summed E-state index contributed by atoms with van der Waals surface area (Å²) in [7, 11) is 0. The SMILES string of the molecule is CCCCOC[C@@H]1C[C@@]2(C[C@](C)(C(=O)CSc3n[nH]c(-c4ccccc4Cl)n3)OC2=O)C(=O)O1. The minimum absolute atomic E-state index is 0.0295. The number of unbranched alkanes of at least 4 members (excludes halogenated alkanes) is 1. The fourth-order valence-electron chi connectivity index (χ4n) is 4.15. The van der Waals surface area contributed by atoms with Gasteiger partial charge in [-0.2, -0.15) is 0 Å². The summed E-state index contributed by atoms with van der Waals surface area (Å²) >= 11 is 7.31. The van der Waals surface area contributed by atoms with Crippen molar-refractivity contribution in [2.75, 3.05) is 19.0 Å². The van der Waals surface area contributed by atoms with Gasteiger partial charge in [-0.15, -0.1) is 5.10 Å². The second-order valence-electron chi connectivity index (χ2n) is 8.70. The number of aromatic amines is 1. The summed E-state index contributed by atoms with van der Waals surface area (Å²) in [6.45, 7) is 4.38. The van der Waals surface area contributed by atoms with Gasteiger partial charge in [0, 0.05) is 25.0 Å². The summed E-state index contributed by atoms with van der Waals surface area (Å²) in [6.07, 6.45) is 1.47. The highest BCUT2D eigenvalue weighted by Crippen LogP contribution is 2.49. The Bertz CT molecular complexity index is 1090. The zero-order valence-electron chi connectivity index (χ0n) is 19.0. The van der Waals surface area contributed by atoms with Crippen molar-refractivity contribution < 1.29 is 28.6 Å². The molecule has 182 valence electrons. The van der Waals surface area contributed by atoms with Crippen LogP contribution in [0.4, 0.5) is 0 Å². The number of ketones is 1. The van der Waals surface area contributed by atoms with Gasteiger partial charge in [0.15, 0.2) is 22.6 Å². The number of Topliss-reactive ketones (excluding diaryl/α,β-unsaturated/α-hetero) is 1. The number of ether oxygens (including phenoxy) is 3. The molecule has 34 heavy (non-hydrogen) atoms. The Kier molecular flexibility index (Phi) is 7.30. The molecule has 0 amide bonds. The number of thioether (sulfide) groups is 1. The van der Waals surface area contributed by atoms with Gasteiger partial charge in [-0.05, 0) is 25.5 Å². The van der Waals surface area contributed by atoms with Gasteiger partial charge in [-0.25, -0.2) is 4.98 Å². The van der Waals surface area contributed by atoms with E-state index in [4.69, 9.17) is 25.8 Å². The molecule has 1 aromatic heterocycles. The fourth-order valence-corrected chi connectivity index (χ4v) is 5.21. The van der Waals surface area contributed by atoms with E-state index in [0.717, 1.165) is 24.6 Å². The molecule has 3 atom stereocenters. The number of cyclic esters (lactones) is 2. The molecule has 0 unspecified atom stereocenters. The highest BCUT2D eigenvalue weighted by atomic mass is 35.5. The van der Waals surface area contributed by atoms with Crippen molar-refractivity contribution in [2.45, 2.75) is 56.4 Å². The van der Waals surface area contributed by atoms with E-state index in [1.165, 1.54) is 6.92 Å². The minimum atomic E-state index is -1.46. The Labute approximate surface area is 206 Å². The van der Waals surface area contributed by atoms with E-state index in [-0.39, 0.29) is 31.0 Å². The molecule has 4 rings (SSSR count). The molecule has 3 heterocycles. The lowest BCUT2D eigenvalue weighted by atomic mass is 9.77. The molecule has 2 fully saturated rings. The number of carbonyl (C=O) groups is 3. The van der Waals surface area contributed by atoms with Gasteiger partial charge in [-0.1, -0.05) is 48.8 Å². The number of esters is 2. The van der Waals surface area contributed by atoms with Crippen LogP contribution >= 0.6 is 23.4 Å². The third-order valence-electron chi connectivity index (χ3n) is 6.05. The van der Waals surface area contributed by atoms with Crippen LogP contribution in [0.15, 0.2) is 29.4 Å². The summed E-state index contributed by atoms with van der Waals surface area (Å²) in [5.41, 5.74) is -2.19. The van der Waals surface area contributed by atoms with Gasteiger partial charge in [0.05, 0.1) is 17.4 Å². The summed E-state index contributed by atoms with van der Waals surface area (Å²) in [5.74, 6) is -1.24. The van der Waals surface area contributed by atoms with E-state index in [0.29, 0.717) is 28.2 Å². The maximum atomic E-state index is 13.0. The predicted octanol–water partition coefficient (Wildman–Crippen LogP) is 3.61. The summed E-state index contributed by atoms with van der Waals surface area (Å²) in [5, 5.41) is 7.82. The molecule has 1 spiro atoms. The van der Waals surface area contributed by atoms with Crippen molar-refractivity contribution >= 4 is 41.1 Å². The molecular formula is C23H26ClN3O6S. The van der Waals surface area contributed by atoms with Crippen molar-refractivity contribution in [3.05, 3.63) is 29.3 Å². The molecule has 2 saturated heterocycles. The lowest BCUT2D eigenvalue weighted by molar-refractivity contribution is -0.162. The van der Waals surface area contributed by atoms with Crippen LogP contribution in [0, 0.1) is 5.41 Å². The quantitative estimate of drug-likeness (QED) is 0.222. The number of hydrogen-bond donors (Lipinski definition) is 1. The van der Waals surface area contributed by atoms with Crippen molar-refractivity contribution in [2.24, 2.45) is 5.41 Å². The summed E-state index contributed by atoms with van der Waals surface area (Å²) in [6, 6.07) is 7.20. The number of H-pyrrole nitrogens is 1. The van der Waals surface area contributed by atoms with Crippen LogP contribution in [0.5, 0.6) is 0 Å². The summed E-state index contributed by atoms with van der Waals surface area (Å²) in [4.78, 5) is 42.8. The molecule has 0 bridgehead atoms.